The molecular weight excluding hydrogens is 384 g/mol. The molecule has 0 aliphatic carbocycles. The van der Waals surface area contributed by atoms with E-state index in [1.54, 1.807) is 0 Å². The Bertz CT molecular complexity index is 507. The minimum Gasteiger partial charge on any atom is -0.356 e. The van der Waals surface area contributed by atoms with Gasteiger partial charge in [0, 0.05) is 30.5 Å². The molecule has 0 aromatic rings. The molecule has 2 fully saturated rings. The molecule has 0 bridgehead atoms. The van der Waals surface area contributed by atoms with E-state index in [4.69, 9.17) is 0 Å². The van der Waals surface area contributed by atoms with Crippen LogP contribution < -0.4 is 21.3 Å². The zero-order valence-corrected chi connectivity index (χ0v) is 17.5. The van der Waals surface area contributed by atoms with Crippen LogP contribution in [0.3, 0.4) is 0 Å². The number of unbranched alkanes of at least 4 members (excludes halogenated alkanes) is 4. The SMILES string of the molecule is O=C(CS)NCCCCCCNC(=O)CCCCC1SCC2NC(=O)NC21. The number of amides is 4. The fraction of sp³-hybridized carbons (Fsp3) is 0.833. The second-order valence-corrected chi connectivity index (χ2v) is 8.73. The predicted octanol–water partition coefficient (Wildman–Crippen LogP) is 1.43. The molecule has 2 heterocycles. The van der Waals surface area contributed by atoms with E-state index in [1.165, 1.54) is 0 Å². The first-order valence-electron chi connectivity index (χ1n) is 9.93. The number of nitrogens with one attached hydrogen (secondary N) is 4. The number of thioether (sulfide) groups is 1. The molecule has 0 spiro atoms. The Labute approximate surface area is 171 Å². The molecule has 7 nitrogen and oxygen atoms in total. The molecular formula is C18H32N4O3S2. The lowest BCUT2D eigenvalue weighted by atomic mass is 10.0. The second-order valence-electron chi connectivity index (χ2n) is 7.14. The first kappa shape index (κ1) is 22.2. The van der Waals surface area contributed by atoms with Crippen molar-refractivity contribution in [3.05, 3.63) is 0 Å². The zero-order valence-electron chi connectivity index (χ0n) is 15.8. The number of carbonyl (C=O) groups excluding carboxylic acids is 3. The summed E-state index contributed by atoms with van der Waals surface area (Å²) in [5.41, 5.74) is 0. The monoisotopic (exact) mass is 416 g/mol. The Morgan fingerprint density at radius 3 is 2.41 bits per heavy atom. The van der Waals surface area contributed by atoms with E-state index in [2.05, 4.69) is 33.9 Å². The van der Waals surface area contributed by atoms with Crippen LogP contribution in [0.25, 0.3) is 0 Å². The summed E-state index contributed by atoms with van der Waals surface area (Å²) < 4.78 is 0. The Kier molecular flexibility index (Phi) is 10.2. The standard InChI is InChI=1S/C18H32N4O3S2/c23-15(19-9-5-1-2-6-10-20-16(24)11-26)8-4-3-7-14-17-13(12-27-14)21-18(25)22-17/h13-14,17,26H,1-12H2,(H,19,23)(H,20,24)(H2,21,22,25). The predicted molar refractivity (Wildman–Crippen MR) is 112 cm³/mol. The lowest BCUT2D eigenvalue weighted by Gasteiger charge is -2.16. The van der Waals surface area contributed by atoms with Crippen LogP contribution in [-0.4, -0.2) is 59.8 Å². The molecule has 2 saturated heterocycles. The summed E-state index contributed by atoms with van der Waals surface area (Å²) in [6, 6.07) is 0.481. The first-order valence-corrected chi connectivity index (χ1v) is 11.6. The lowest BCUT2D eigenvalue weighted by Crippen LogP contribution is -2.36. The van der Waals surface area contributed by atoms with Crippen molar-refractivity contribution < 1.29 is 14.4 Å². The van der Waals surface area contributed by atoms with E-state index in [1.807, 2.05) is 11.8 Å². The summed E-state index contributed by atoms with van der Waals surface area (Å²) >= 11 is 5.82. The fourth-order valence-electron chi connectivity index (χ4n) is 3.48. The molecule has 2 aliphatic rings. The molecule has 3 atom stereocenters. The molecule has 0 aromatic carbocycles. The minimum atomic E-state index is -0.0444. The van der Waals surface area contributed by atoms with Gasteiger partial charge in [-0.05, 0) is 25.7 Å². The molecule has 0 radical (unpaired) electrons. The van der Waals surface area contributed by atoms with E-state index in [0.29, 0.717) is 18.2 Å². The maximum atomic E-state index is 11.9. The summed E-state index contributed by atoms with van der Waals surface area (Å²) in [6.45, 7) is 1.42. The Balaban J connectivity index is 1.39. The summed E-state index contributed by atoms with van der Waals surface area (Å²) in [4.78, 5) is 34.2. The van der Waals surface area contributed by atoms with Crippen LogP contribution >= 0.6 is 24.4 Å². The van der Waals surface area contributed by atoms with Crippen LogP contribution in [0.4, 0.5) is 4.79 Å². The van der Waals surface area contributed by atoms with Crippen molar-refractivity contribution in [2.75, 3.05) is 24.6 Å². The van der Waals surface area contributed by atoms with Gasteiger partial charge in [0.1, 0.15) is 0 Å². The molecule has 4 amide bonds. The second kappa shape index (κ2) is 12.4. The normalized spacial score (nSPS) is 23.4. The van der Waals surface area contributed by atoms with Crippen molar-refractivity contribution in [3.8, 4) is 0 Å². The molecule has 9 heteroatoms. The van der Waals surface area contributed by atoms with Gasteiger partial charge in [-0.25, -0.2) is 4.79 Å². The van der Waals surface area contributed by atoms with E-state index in [9.17, 15) is 14.4 Å². The van der Waals surface area contributed by atoms with Crippen molar-refractivity contribution in [3.63, 3.8) is 0 Å². The molecule has 2 rings (SSSR count). The largest absolute Gasteiger partial charge is 0.356 e. The summed E-state index contributed by atoms with van der Waals surface area (Å²) in [5, 5.41) is 12.2. The highest BCUT2D eigenvalue weighted by molar-refractivity contribution is 8.00. The smallest absolute Gasteiger partial charge is 0.315 e. The fourth-order valence-corrected chi connectivity index (χ4v) is 5.13. The van der Waals surface area contributed by atoms with Crippen molar-refractivity contribution >= 4 is 42.2 Å². The van der Waals surface area contributed by atoms with Crippen LogP contribution in [0, 0.1) is 0 Å². The number of carbonyl (C=O) groups is 3. The number of hydrogen-bond acceptors (Lipinski definition) is 5. The van der Waals surface area contributed by atoms with Crippen molar-refractivity contribution in [2.45, 2.75) is 68.7 Å². The van der Waals surface area contributed by atoms with Crippen LogP contribution in [0.15, 0.2) is 0 Å². The van der Waals surface area contributed by atoms with Gasteiger partial charge in [-0.15, -0.1) is 0 Å². The van der Waals surface area contributed by atoms with Crippen LogP contribution in [0.2, 0.25) is 0 Å². The van der Waals surface area contributed by atoms with Gasteiger partial charge in [0.15, 0.2) is 0 Å². The third-order valence-electron chi connectivity index (χ3n) is 4.97. The highest BCUT2D eigenvalue weighted by Gasteiger charge is 2.42. The average Bonchev–Trinajstić information content (AvgIpc) is 3.20. The van der Waals surface area contributed by atoms with E-state index in [0.717, 1.165) is 57.2 Å². The number of thiol groups is 1. The number of hydrogen-bond donors (Lipinski definition) is 5. The molecule has 0 aromatic heterocycles. The van der Waals surface area contributed by atoms with Crippen molar-refractivity contribution in [2.24, 2.45) is 0 Å². The number of fused-ring (bicyclic) bond motifs is 1. The zero-order chi connectivity index (χ0) is 19.5. The maximum Gasteiger partial charge on any atom is 0.315 e. The summed E-state index contributed by atoms with van der Waals surface area (Å²) in [6.07, 6.45) is 7.57. The van der Waals surface area contributed by atoms with E-state index in [-0.39, 0.29) is 35.7 Å². The van der Waals surface area contributed by atoms with Gasteiger partial charge in [0.25, 0.3) is 0 Å². The van der Waals surface area contributed by atoms with Crippen molar-refractivity contribution in [1.82, 2.24) is 21.3 Å². The third-order valence-corrected chi connectivity index (χ3v) is 6.77. The van der Waals surface area contributed by atoms with Gasteiger partial charge in [0.2, 0.25) is 11.8 Å². The maximum absolute atomic E-state index is 11.9. The van der Waals surface area contributed by atoms with Crippen LogP contribution in [0.5, 0.6) is 0 Å². The van der Waals surface area contributed by atoms with E-state index >= 15 is 0 Å². The van der Waals surface area contributed by atoms with Crippen LogP contribution in [-0.2, 0) is 9.59 Å². The van der Waals surface area contributed by atoms with E-state index < -0.39 is 0 Å². The number of urea groups is 1. The minimum absolute atomic E-state index is 0.0263. The van der Waals surface area contributed by atoms with Gasteiger partial charge < -0.3 is 21.3 Å². The summed E-state index contributed by atoms with van der Waals surface area (Å²) in [7, 11) is 0. The summed E-state index contributed by atoms with van der Waals surface area (Å²) in [5.74, 6) is 1.32. The van der Waals surface area contributed by atoms with Gasteiger partial charge in [-0.3, -0.25) is 9.59 Å². The topological polar surface area (TPSA) is 99.3 Å². The van der Waals surface area contributed by atoms with Crippen LogP contribution in [0.1, 0.15) is 51.4 Å². The third kappa shape index (κ3) is 8.21. The first-order chi connectivity index (χ1) is 13.1. The Hall–Kier alpha value is -1.09. The molecule has 2 aliphatic heterocycles. The lowest BCUT2D eigenvalue weighted by molar-refractivity contribution is -0.121. The molecule has 27 heavy (non-hydrogen) atoms. The quantitative estimate of drug-likeness (QED) is 0.178. The molecule has 154 valence electrons. The van der Waals surface area contributed by atoms with Crippen molar-refractivity contribution in [1.29, 1.82) is 0 Å². The molecule has 4 N–H and O–H groups in total. The van der Waals surface area contributed by atoms with Gasteiger partial charge >= 0.3 is 6.03 Å². The Morgan fingerprint density at radius 2 is 1.70 bits per heavy atom. The molecule has 0 saturated carbocycles. The number of rotatable bonds is 13. The van der Waals surface area contributed by atoms with Gasteiger partial charge in [0.05, 0.1) is 17.8 Å². The highest BCUT2D eigenvalue weighted by Crippen LogP contribution is 2.33. The average molecular weight is 417 g/mol. The molecule has 3 unspecified atom stereocenters. The van der Waals surface area contributed by atoms with Gasteiger partial charge in [-0.2, -0.15) is 24.4 Å². The van der Waals surface area contributed by atoms with Gasteiger partial charge in [-0.1, -0.05) is 19.3 Å². The Morgan fingerprint density at radius 1 is 1.00 bits per heavy atom. The highest BCUT2D eigenvalue weighted by atomic mass is 32.2.